The van der Waals surface area contributed by atoms with E-state index in [0.717, 1.165) is 12.8 Å². The number of carbonyl (C=O) groups is 2. The van der Waals surface area contributed by atoms with Crippen molar-refractivity contribution in [3.8, 4) is 0 Å². The fourth-order valence-corrected chi connectivity index (χ4v) is 1.72. The monoisotopic (exact) mass is 195 g/mol. The van der Waals surface area contributed by atoms with Gasteiger partial charge in [0.25, 0.3) is 11.8 Å². The van der Waals surface area contributed by atoms with Gasteiger partial charge in [0.1, 0.15) is 0 Å². The fraction of sp³-hybridized carbons (Fsp3) is 0.636. The second-order valence-electron chi connectivity index (χ2n) is 3.87. The lowest BCUT2D eigenvalue weighted by atomic mass is 10.1. The van der Waals surface area contributed by atoms with Crippen LogP contribution in [0, 0.1) is 0 Å². The minimum atomic E-state index is -0.117. The number of amides is 2. The molecule has 3 nitrogen and oxygen atoms in total. The Kier molecular flexibility index (Phi) is 3.09. The summed E-state index contributed by atoms with van der Waals surface area (Å²) in [5.41, 5.74) is 1.19. The van der Waals surface area contributed by atoms with Crippen LogP contribution in [0.5, 0.6) is 0 Å². The second-order valence-corrected chi connectivity index (χ2v) is 3.87. The number of rotatable bonds is 3. The molecule has 0 fully saturated rings. The molecule has 1 aliphatic rings. The van der Waals surface area contributed by atoms with Gasteiger partial charge in [0.2, 0.25) is 0 Å². The highest BCUT2D eigenvalue weighted by molar-refractivity contribution is 6.18. The first-order valence-corrected chi connectivity index (χ1v) is 5.06. The van der Waals surface area contributed by atoms with Crippen molar-refractivity contribution in [1.82, 2.24) is 4.90 Å². The van der Waals surface area contributed by atoms with Crippen LogP contribution in [0.3, 0.4) is 0 Å². The highest BCUT2D eigenvalue weighted by Gasteiger charge is 2.35. The van der Waals surface area contributed by atoms with E-state index in [1.54, 1.807) is 13.8 Å². The van der Waals surface area contributed by atoms with Crippen LogP contribution in [0.25, 0.3) is 0 Å². The molecule has 0 aromatic carbocycles. The molecule has 0 spiro atoms. The molecule has 1 aliphatic heterocycles. The molecule has 78 valence electrons. The van der Waals surface area contributed by atoms with Crippen LogP contribution in [0.15, 0.2) is 11.1 Å². The summed E-state index contributed by atoms with van der Waals surface area (Å²) in [5, 5.41) is 0. The van der Waals surface area contributed by atoms with Crippen molar-refractivity contribution in [3.63, 3.8) is 0 Å². The summed E-state index contributed by atoms with van der Waals surface area (Å²) in [6.07, 6.45) is 1.86. The smallest absolute Gasteiger partial charge is 0.257 e. The average Bonchev–Trinajstić information content (AvgIpc) is 2.32. The van der Waals surface area contributed by atoms with E-state index in [4.69, 9.17) is 0 Å². The summed E-state index contributed by atoms with van der Waals surface area (Å²) in [5.74, 6) is -0.234. The maximum atomic E-state index is 11.7. The summed E-state index contributed by atoms with van der Waals surface area (Å²) >= 11 is 0. The molecular weight excluding hydrogens is 178 g/mol. The van der Waals surface area contributed by atoms with Crippen molar-refractivity contribution >= 4 is 11.8 Å². The summed E-state index contributed by atoms with van der Waals surface area (Å²) in [6, 6.07) is 0.0207. The van der Waals surface area contributed by atoms with Crippen molar-refractivity contribution in [2.24, 2.45) is 0 Å². The predicted molar refractivity (Wildman–Crippen MR) is 54.6 cm³/mol. The average molecular weight is 195 g/mol. The summed E-state index contributed by atoms with van der Waals surface area (Å²) < 4.78 is 0. The molecule has 1 unspecified atom stereocenters. The van der Waals surface area contributed by atoms with Crippen LogP contribution in [0.1, 0.15) is 40.5 Å². The molecule has 0 aromatic heterocycles. The molecule has 1 heterocycles. The lowest BCUT2D eigenvalue weighted by Crippen LogP contribution is -2.39. The Bertz CT molecular complexity index is 280. The standard InChI is InChI=1S/C11H17NO2/c1-5-6-7(2)12-10(13)8(3)9(4)11(12)14/h7H,5-6H2,1-4H3. The predicted octanol–water partition coefficient (Wildman–Crippen LogP) is 1.88. The first-order chi connectivity index (χ1) is 6.50. The summed E-state index contributed by atoms with van der Waals surface area (Å²) in [6.45, 7) is 7.41. The van der Waals surface area contributed by atoms with Gasteiger partial charge in [-0.05, 0) is 27.2 Å². The van der Waals surface area contributed by atoms with Gasteiger partial charge in [-0.15, -0.1) is 0 Å². The Morgan fingerprint density at radius 1 is 1.14 bits per heavy atom. The van der Waals surface area contributed by atoms with Crippen molar-refractivity contribution < 1.29 is 9.59 Å². The second kappa shape index (κ2) is 3.95. The Morgan fingerprint density at radius 2 is 1.57 bits per heavy atom. The van der Waals surface area contributed by atoms with Gasteiger partial charge in [-0.3, -0.25) is 14.5 Å². The zero-order valence-corrected chi connectivity index (χ0v) is 9.26. The van der Waals surface area contributed by atoms with Crippen molar-refractivity contribution in [2.45, 2.75) is 46.6 Å². The van der Waals surface area contributed by atoms with E-state index in [-0.39, 0.29) is 17.9 Å². The zero-order valence-electron chi connectivity index (χ0n) is 9.26. The van der Waals surface area contributed by atoms with E-state index in [9.17, 15) is 9.59 Å². The number of hydrogen-bond donors (Lipinski definition) is 0. The molecule has 3 heteroatoms. The van der Waals surface area contributed by atoms with Crippen LogP contribution >= 0.6 is 0 Å². The van der Waals surface area contributed by atoms with Gasteiger partial charge in [-0.25, -0.2) is 0 Å². The Labute approximate surface area is 84.8 Å². The Morgan fingerprint density at radius 3 is 1.93 bits per heavy atom. The van der Waals surface area contributed by atoms with Crippen LogP contribution in [-0.4, -0.2) is 22.8 Å². The lowest BCUT2D eigenvalue weighted by molar-refractivity contribution is -0.140. The topological polar surface area (TPSA) is 37.4 Å². The van der Waals surface area contributed by atoms with E-state index in [1.807, 2.05) is 6.92 Å². The van der Waals surface area contributed by atoms with E-state index in [1.165, 1.54) is 4.90 Å². The van der Waals surface area contributed by atoms with Gasteiger partial charge in [0.15, 0.2) is 0 Å². The highest BCUT2D eigenvalue weighted by Crippen LogP contribution is 2.23. The van der Waals surface area contributed by atoms with Gasteiger partial charge in [0, 0.05) is 17.2 Å². The van der Waals surface area contributed by atoms with Gasteiger partial charge >= 0.3 is 0 Å². The Hall–Kier alpha value is -1.12. The normalized spacial score (nSPS) is 19.6. The number of nitrogens with zero attached hydrogens (tertiary/aromatic N) is 1. The molecule has 0 bridgehead atoms. The highest BCUT2D eigenvalue weighted by atomic mass is 16.2. The molecule has 0 N–H and O–H groups in total. The molecule has 0 aromatic rings. The third-order valence-electron chi connectivity index (χ3n) is 2.79. The third-order valence-corrected chi connectivity index (χ3v) is 2.79. The van der Waals surface area contributed by atoms with Gasteiger partial charge in [-0.2, -0.15) is 0 Å². The summed E-state index contributed by atoms with van der Waals surface area (Å²) in [4.78, 5) is 24.8. The van der Waals surface area contributed by atoms with E-state index in [0.29, 0.717) is 11.1 Å². The molecule has 0 saturated heterocycles. The molecule has 1 rings (SSSR count). The van der Waals surface area contributed by atoms with Crippen molar-refractivity contribution in [1.29, 1.82) is 0 Å². The largest absolute Gasteiger partial charge is 0.272 e. The van der Waals surface area contributed by atoms with E-state index in [2.05, 4.69) is 6.92 Å². The van der Waals surface area contributed by atoms with Crippen LogP contribution < -0.4 is 0 Å². The quantitative estimate of drug-likeness (QED) is 0.645. The molecule has 0 radical (unpaired) electrons. The number of imide groups is 1. The maximum Gasteiger partial charge on any atom is 0.257 e. The molecule has 0 saturated carbocycles. The number of hydrogen-bond acceptors (Lipinski definition) is 2. The molecular formula is C11H17NO2. The molecule has 14 heavy (non-hydrogen) atoms. The van der Waals surface area contributed by atoms with Crippen LogP contribution in [-0.2, 0) is 9.59 Å². The molecule has 2 amide bonds. The first-order valence-electron chi connectivity index (χ1n) is 5.06. The fourth-order valence-electron chi connectivity index (χ4n) is 1.72. The van der Waals surface area contributed by atoms with Crippen LogP contribution in [0.4, 0.5) is 0 Å². The van der Waals surface area contributed by atoms with Crippen molar-refractivity contribution in [2.75, 3.05) is 0 Å². The third kappa shape index (κ3) is 1.59. The van der Waals surface area contributed by atoms with E-state index < -0.39 is 0 Å². The van der Waals surface area contributed by atoms with E-state index >= 15 is 0 Å². The number of carbonyl (C=O) groups excluding carboxylic acids is 2. The van der Waals surface area contributed by atoms with Crippen molar-refractivity contribution in [3.05, 3.63) is 11.1 Å². The maximum absolute atomic E-state index is 11.7. The summed E-state index contributed by atoms with van der Waals surface area (Å²) in [7, 11) is 0. The first kappa shape index (κ1) is 11.0. The van der Waals surface area contributed by atoms with Gasteiger partial charge in [0.05, 0.1) is 0 Å². The minimum Gasteiger partial charge on any atom is -0.272 e. The SMILES string of the molecule is CCCC(C)N1C(=O)C(C)=C(C)C1=O. The molecule has 1 atom stereocenters. The zero-order chi connectivity index (χ0) is 10.9. The lowest BCUT2D eigenvalue weighted by Gasteiger charge is -2.22. The Balaban J connectivity index is 2.86. The minimum absolute atomic E-state index is 0.0207. The van der Waals surface area contributed by atoms with Gasteiger partial charge in [-0.1, -0.05) is 13.3 Å². The van der Waals surface area contributed by atoms with Gasteiger partial charge < -0.3 is 0 Å². The van der Waals surface area contributed by atoms with Crippen LogP contribution in [0.2, 0.25) is 0 Å². The molecule has 0 aliphatic carbocycles.